The second-order valence-corrected chi connectivity index (χ2v) is 5.90. The van der Waals surface area contributed by atoms with Crippen LogP contribution in [-0.2, 0) is 11.2 Å². The fourth-order valence-corrected chi connectivity index (χ4v) is 2.87. The van der Waals surface area contributed by atoms with Crippen LogP contribution in [0.2, 0.25) is 0 Å². The van der Waals surface area contributed by atoms with E-state index >= 15 is 0 Å². The summed E-state index contributed by atoms with van der Waals surface area (Å²) >= 11 is 0. The van der Waals surface area contributed by atoms with Crippen LogP contribution in [-0.4, -0.2) is 35.5 Å². The maximum atomic E-state index is 12.4. The summed E-state index contributed by atoms with van der Waals surface area (Å²) in [7, 11) is 0. The lowest BCUT2D eigenvalue weighted by molar-refractivity contribution is -0.125. The Kier molecular flexibility index (Phi) is 4.90. The van der Waals surface area contributed by atoms with Crippen LogP contribution in [0.5, 0.6) is 0 Å². The van der Waals surface area contributed by atoms with Crippen molar-refractivity contribution in [2.75, 3.05) is 24.5 Å². The van der Waals surface area contributed by atoms with Gasteiger partial charge >= 0.3 is 0 Å². The van der Waals surface area contributed by atoms with Crippen molar-refractivity contribution in [2.24, 2.45) is 5.92 Å². The van der Waals surface area contributed by atoms with Gasteiger partial charge in [0.05, 0.1) is 12.2 Å². The van der Waals surface area contributed by atoms with Crippen LogP contribution >= 0.6 is 0 Å². The van der Waals surface area contributed by atoms with E-state index < -0.39 is 0 Å². The first-order chi connectivity index (χ1) is 11.2. The number of carbonyl (C=O) groups excluding carboxylic acids is 1. The van der Waals surface area contributed by atoms with Crippen molar-refractivity contribution in [1.29, 1.82) is 0 Å². The lowest BCUT2D eigenvalue weighted by Gasteiger charge is -2.32. The second-order valence-electron chi connectivity index (χ2n) is 5.90. The summed E-state index contributed by atoms with van der Waals surface area (Å²) in [5, 5.41) is 3.01. The summed E-state index contributed by atoms with van der Waals surface area (Å²) in [6.07, 6.45) is 6.03. The molecule has 6 nitrogen and oxygen atoms in total. The number of aromatic nitrogens is 2. The van der Waals surface area contributed by atoms with Crippen molar-refractivity contribution < 1.29 is 9.21 Å². The molecule has 2 aromatic rings. The number of nitrogens with one attached hydrogen (secondary N) is 1. The molecule has 3 rings (SSSR count). The Morgan fingerprint density at radius 2 is 2.39 bits per heavy atom. The average Bonchev–Trinajstić information content (AvgIpc) is 3.08. The molecule has 0 unspecified atom stereocenters. The van der Waals surface area contributed by atoms with Crippen molar-refractivity contribution in [2.45, 2.75) is 26.2 Å². The number of piperidine rings is 1. The summed E-state index contributed by atoms with van der Waals surface area (Å²) in [4.78, 5) is 23.2. The zero-order valence-corrected chi connectivity index (χ0v) is 13.4. The minimum absolute atomic E-state index is 0.00976. The van der Waals surface area contributed by atoms with Gasteiger partial charge in [-0.1, -0.05) is 0 Å². The highest BCUT2D eigenvalue weighted by molar-refractivity contribution is 5.79. The predicted octanol–water partition coefficient (Wildman–Crippen LogP) is 1.95. The summed E-state index contributed by atoms with van der Waals surface area (Å²) in [5.41, 5.74) is 0.944. The number of hydrogen-bond acceptors (Lipinski definition) is 5. The number of aryl methyl sites for hydroxylation is 1. The average molecular weight is 314 g/mol. The van der Waals surface area contributed by atoms with Gasteiger partial charge in [0.15, 0.2) is 0 Å². The summed E-state index contributed by atoms with van der Waals surface area (Å²) in [5.74, 6) is 1.71. The molecule has 1 amide bonds. The molecule has 0 radical (unpaired) electrons. The molecule has 3 heterocycles. The van der Waals surface area contributed by atoms with Gasteiger partial charge in [0.25, 0.3) is 0 Å². The third-order valence-electron chi connectivity index (χ3n) is 4.11. The Balaban J connectivity index is 1.52. The van der Waals surface area contributed by atoms with E-state index in [9.17, 15) is 4.79 Å². The third-order valence-corrected chi connectivity index (χ3v) is 4.11. The van der Waals surface area contributed by atoms with Crippen molar-refractivity contribution >= 4 is 11.9 Å². The second kappa shape index (κ2) is 7.26. The monoisotopic (exact) mass is 314 g/mol. The highest BCUT2D eigenvalue weighted by atomic mass is 16.3. The first-order valence-corrected chi connectivity index (χ1v) is 8.07. The van der Waals surface area contributed by atoms with Crippen LogP contribution in [0.15, 0.2) is 35.1 Å². The molecule has 0 bridgehead atoms. The fourth-order valence-electron chi connectivity index (χ4n) is 2.87. The van der Waals surface area contributed by atoms with Gasteiger partial charge in [-0.2, -0.15) is 0 Å². The SMILES string of the molecule is Cc1ccnc(N2CCC[C@H](C(=O)NCCc3ccco3)C2)n1. The van der Waals surface area contributed by atoms with Crippen LogP contribution in [0.3, 0.4) is 0 Å². The molecule has 122 valence electrons. The quantitative estimate of drug-likeness (QED) is 0.913. The first kappa shape index (κ1) is 15.5. The summed E-state index contributed by atoms with van der Waals surface area (Å²) in [6.45, 7) is 4.13. The van der Waals surface area contributed by atoms with E-state index in [0.717, 1.165) is 43.2 Å². The van der Waals surface area contributed by atoms with E-state index in [1.54, 1.807) is 12.5 Å². The summed E-state index contributed by atoms with van der Waals surface area (Å²) in [6, 6.07) is 5.66. The van der Waals surface area contributed by atoms with Crippen molar-refractivity contribution in [3.8, 4) is 0 Å². The van der Waals surface area contributed by atoms with Crippen molar-refractivity contribution in [1.82, 2.24) is 15.3 Å². The number of carbonyl (C=O) groups is 1. The van der Waals surface area contributed by atoms with Gasteiger partial charge in [0.2, 0.25) is 11.9 Å². The Hall–Kier alpha value is -2.37. The van der Waals surface area contributed by atoms with Gasteiger partial charge in [-0.25, -0.2) is 9.97 Å². The first-order valence-electron chi connectivity index (χ1n) is 8.07. The molecule has 1 atom stereocenters. The molecular formula is C17H22N4O2. The van der Waals surface area contributed by atoms with Gasteiger partial charge < -0.3 is 14.6 Å². The molecule has 1 aliphatic heterocycles. The predicted molar refractivity (Wildman–Crippen MR) is 87.1 cm³/mol. The largest absolute Gasteiger partial charge is 0.469 e. The molecule has 1 fully saturated rings. The van der Waals surface area contributed by atoms with Crippen molar-refractivity contribution in [3.05, 3.63) is 42.1 Å². The zero-order valence-electron chi connectivity index (χ0n) is 13.4. The zero-order chi connectivity index (χ0) is 16.1. The molecule has 1 saturated heterocycles. The molecule has 0 aromatic carbocycles. The van der Waals surface area contributed by atoms with E-state index in [0.29, 0.717) is 13.1 Å². The Labute approximate surface area is 135 Å². The van der Waals surface area contributed by atoms with Gasteiger partial charge in [-0.15, -0.1) is 0 Å². The van der Waals surface area contributed by atoms with E-state index in [1.807, 2.05) is 25.1 Å². The van der Waals surface area contributed by atoms with Crippen LogP contribution in [0.1, 0.15) is 24.3 Å². The number of nitrogens with zero attached hydrogens (tertiary/aromatic N) is 3. The van der Waals surface area contributed by atoms with Crippen LogP contribution in [0.25, 0.3) is 0 Å². The van der Waals surface area contributed by atoms with E-state index in [-0.39, 0.29) is 11.8 Å². The number of anilines is 1. The van der Waals surface area contributed by atoms with Crippen LogP contribution in [0.4, 0.5) is 5.95 Å². The normalized spacial score (nSPS) is 18.0. The maximum Gasteiger partial charge on any atom is 0.225 e. The number of furan rings is 1. The van der Waals surface area contributed by atoms with Crippen molar-refractivity contribution in [3.63, 3.8) is 0 Å². The standard InChI is InChI=1S/C17H22N4O2/c1-13-6-8-19-17(20-13)21-10-2-4-14(12-21)16(22)18-9-7-15-5-3-11-23-15/h3,5-6,8,11,14H,2,4,7,9-10,12H2,1H3,(H,18,22)/t14-/m0/s1. The molecule has 2 aromatic heterocycles. The van der Waals surface area contributed by atoms with Crippen LogP contribution < -0.4 is 10.2 Å². The van der Waals surface area contributed by atoms with E-state index in [4.69, 9.17) is 4.42 Å². The lowest BCUT2D eigenvalue weighted by atomic mass is 9.97. The molecule has 0 aliphatic carbocycles. The summed E-state index contributed by atoms with van der Waals surface area (Å²) < 4.78 is 5.27. The third kappa shape index (κ3) is 4.09. The van der Waals surface area contributed by atoms with Gasteiger partial charge in [-0.3, -0.25) is 4.79 Å². The maximum absolute atomic E-state index is 12.4. The molecule has 6 heteroatoms. The Morgan fingerprint density at radius 3 is 3.17 bits per heavy atom. The molecule has 0 saturated carbocycles. The molecular weight excluding hydrogens is 292 g/mol. The van der Waals surface area contributed by atoms with Gasteiger partial charge in [-0.05, 0) is 38.0 Å². The molecule has 0 spiro atoms. The smallest absolute Gasteiger partial charge is 0.225 e. The molecule has 23 heavy (non-hydrogen) atoms. The highest BCUT2D eigenvalue weighted by Crippen LogP contribution is 2.20. The molecule has 1 N–H and O–H groups in total. The topological polar surface area (TPSA) is 71.3 Å². The Bertz CT molecular complexity index is 642. The van der Waals surface area contributed by atoms with Gasteiger partial charge in [0, 0.05) is 37.9 Å². The highest BCUT2D eigenvalue weighted by Gasteiger charge is 2.26. The number of hydrogen-bond donors (Lipinski definition) is 1. The lowest BCUT2D eigenvalue weighted by Crippen LogP contribution is -2.44. The number of amides is 1. The Morgan fingerprint density at radius 1 is 1.48 bits per heavy atom. The van der Waals surface area contributed by atoms with E-state index in [2.05, 4.69) is 20.2 Å². The number of rotatable bonds is 5. The minimum Gasteiger partial charge on any atom is -0.469 e. The minimum atomic E-state index is -0.00976. The van der Waals surface area contributed by atoms with Gasteiger partial charge in [0.1, 0.15) is 5.76 Å². The fraction of sp³-hybridized carbons (Fsp3) is 0.471. The van der Waals surface area contributed by atoms with Crippen LogP contribution in [0, 0.1) is 12.8 Å². The van der Waals surface area contributed by atoms with E-state index in [1.165, 1.54) is 0 Å². The molecule has 1 aliphatic rings.